The summed E-state index contributed by atoms with van der Waals surface area (Å²) >= 11 is 0. The Kier molecular flexibility index (Phi) is 6.31. The number of benzene rings is 1. The summed E-state index contributed by atoms with van der Waals surface area (Å²) in [6.45, 7) is 5.86. The van der Waals surface area contributed by atoms with Crippen LogP contribution in [0.15, 0.2) is 55.0 Å². The Morgan fingerprint density at radius 3 is 2.47 bits per heavy atom. The molecule has 166 valence electrons. The van der Waals surface area contributed by atoms with E-state index in [0.29, 0.717) is 18.1 Å². The first-order valence-corrected chi connectivity index (χ1v) is 11.8. The summed E-state index contributed by atoms with van der Waals surface area (Å²) in [7, 11) is 0. The minimum atomic E-state index is -0.597. The average Bonchev–Trinajstić information content (AvgIpc) is 3.40. The Morgan fingerprint density at radius 2 is 1.72 bits per heavy atom. The molecule has 5 heteroatoms. The highest BCUT2D eigenvalue weighted by molar-refractivity contribution is 5.37. The Bertz CT molecular complexity index is 979. The van der Waals surface area contributed by atoms with Gasteiger partial charge in [0.15, 0.2) is 5.69 Å². The molecule has 0 amide bonds. The Hall–Kier alpha value is -2.97. The molecule has 3 fully saturated rings. The van der Waals surface area contributed by atoms with Gasteiger partial charge in [-0.05, 0) is 48.8 Å². The predicted molar refractivity (Wildman–Crippen MR) is 122 cm³/mol. The maximum atomic E-state index is 6.03. The summed E-state index contributed by atoms with van der Waals surface area (Å²) < 4.78 is 18.4. The maximum absolute atomic E-state index is 6.03. The largest absolute Gasteiger partial charge is 0.487 e. The molecule has 4 aliphatic rings. The molecule has 5 nitrogen and oxygen atoms in total. The number of unbranched alkanes of at least 4 members (excludes halogenated alkanes) is 1. The van der Waals surface area contributed by atoms with E-state index in [2.05, 4.69) is 11.8 Å². The third-order valence-corrected chi connectivity index (χ3v) is 6.99. The fourth-order valence-electron chi connectivity index (χ4n) is 5.05. The van der Waals surface area contributed by atoms with Gasteiger partial charge in [0.05, 0.1) is 26.2 Å². The third kappa shape index (κ3) is 4.92. The molecule has 0 atom stereocenters. The average molecular weight is 432 g/mol. The van der Waals surface area contributed by atoms with Crippen LogP contribution in [-0.4, -0.2) is 35.6 Å². The van der Waals surface area contributed by atoms with Crippen LogP contribution in [-0.2, 0) is 16.1 Å². The van der Waals surface area contributed by atoms with Crippen molar-refractivity contribution in [1.82, 2.24) is 4.98 Å². The molecule has 2 bridgehead atoms. The summed E-state index contributed by atoms with van der Waals surface area (Å²) in [6.07, 6.45) is 8.81. The van der Waals surface area contributed by atoms with Crippen LogP contribution in [0.2, 0.25) is 0 Å². The van der Waals surface area contributed by atoms with E-state index >= 15 is 0 Å². The number of aromatic nitrogens is 1. The van der Waals surface area contributed by atoms with Gasteiger partial charge in [-0.1, -0.05) is 36.3 Å². The molecule has 5 heterocycles. The van der Waals surface area contributed by atoms with E-state index in [1.807, 2.05) is 42.5 Å². The van der Waals surface area contributed by atoms with E-state index in [1.54, 1.807) is 0 Å². The molecular formula is C27H31N2O3+. The SMILES string of the molecule is C(#Cc1ccc(OCc2ccccc2)c(C2OC=CO2)n1)CCC[N+]12CCC(CC1)CC2. The van der Waals surface area contributed by atoms with Crippen molar-refractivity contribution in [1.29, 1.82) is 0 Å². The van der Waals surface area contributed by atoms with Gasteiger partial charge in [0.1, 0.15) is 30.6 Å². The zero-order valence-electron chi connectivity index (χ0n) is 18.5. The summed E-state index contributed by atoms with van der Waals surface area (Å²) in [5.41, 5.74) is 2.43. The molecular weight excluding hydrogens is 400 g/mol. The van der Waals surface area contributed by atoms with Crippen molar-refractivity contribution in [2.75, 3.05) is 26.2 Å². The summed E-state index contributed by atoms with van der Waals surface area (Å²) in [4.78, 5) is 4.70. The number of rotatable bonds is 7. The zero-order valence-corrected chi connectivity index (χ0v) is 18.5. The van der Waals surface area contributed by atoms with Crippen LogP contribution in [0.25, 0.3) is 0 Å². The monoisotopic (exact) mass is 431 g/mol. The van der Waals surface area contributed by atoms with Gasteiger partial charge in [0.2, 0.25) is 0 Å². The highest BCUT2D eigenvalue weighted by Crippen LogP contribution is 2.34. The molecule has 0 radical (unpaired) electrons. The predicted octanol–water partition coefficient (Wildman–Crippen LogP) is 4.94. The number of pyridine rings is 1. The highest BCUT2D eigenvalue weighted by Gasteiger charge is 2.38. The molecule has 2 aromatic rings. The van der Waals surface area contributed by atoms with Crippen molar-refractivity contribution in [3.8, 4) is 17.6 Å². The van der Waals surface area contributed by atoms with E-state index in [1.165, 1.54) is 62.4 Å². The summed E-state index contributed by atoms with van der Waals surface area (Å²) in [6, 6.07) is 13.9. The lowest BCUT2D eigenvalue weighted by Crippen LogP contribution is -2.58. The molecule has 0 N–H and O–H groups in total. The number of quaternary nitrogens is 1. The van der Waals surface area contributed by atoms with Crippen LogP contribution in [0.1, 0.15) is 55.3 Å². The molecule has 32 heavy (non-hydrogen) atoms. The second kappa shape index (κ2) is 9.67. The minimum absolute atomic E-state index is 0.460. The van der Waals surface area contributed by atoms with Crippen LogP contribution < -0.4 is 4.74 Å². The lowest BCUT2D eigenvalue weighted by atomic mass is 9.85. The first kappa shape index (κ1) is 20.9. The van der Waals surface area contributed by atoms with E-state index in [-0.39, 0.29) is 0 Å². The lowest BCUT2D eigenvalue weighted by molar-refractivity contribution is -0.942. The normalized spacial score (nSPS) is 23.8. The molecule has 4 aliphatic heterocycles. The molecule has 0 aliphatic carbocycles. The van der Waals surface area contributed by atoms with Gasteiger partial charge in [0.25, 0.3) is 6.29 Å². The Balaban J connectivity index is 1.21. The van der Waals surface area contributed by atoms with Gasteiger partial charge in [0, 0.05) is 12.8 Å². The second-order valence-corrected chi connectivity index (χ2v) is 9.10. The molecule has 6 rings (SSSR count). The quantitative estimate of drug-likeness (QED) is 0.354. The van der Waals surface area contributed by atoms with Crippen molar-refractivity contribution < 1.29 is 18.7 Å². The molecule has 1 aromatic heterocycles. The van der Waals surface area contributed by atoms with Crippen LogP contribution >= 0.6 is 0 Å². The van der Waals surface area contributed by atoms with Gasteiger partial charge in [-0.15, -0.1) is 0 Å². The lowest BCUT2D eigenvalue weighted by Gasteiger charge is -2.49. The third-order valence-electron chi connectivity index (χ3n) is 6.99. The van der Waals surface area contributed by atoms with Crippen molar-refractivity contribution >= 4 is 0 Å². The minimum Gasteiger partial charge on any atom is -0.487 e. The van der Waals surface area contributed by atoms with E-state index < -0.39 is 6.29 Å². The van der Waals surface area contributed by atoms with Gasteiger partial charge in [-0.25, -0.2) is 4.98 Å². The molecule has 0 spiro atoms. The van der Waals surface area contributed by atoms with E-state index in [4.69, 9.17) is 19.2 Å². The zero-order chi connectivity index (χ0) is 21.6. The summed E-state index contributed by atoms with van der Waals surface area (Å²) in [5.74, 6) is 8.22. The van der Waals surface area contributed by atoms with Gasteiger partial charge in [-0.2, -0.15) is 0 Å². The number of ether oxygens (including phenoxy) is 3. The van der Waals surface area contributed by atoms with Gasteiger partial charge in [-0.3, -0.25) is 0 Å². The Morgan fingerprint density at radius 1 is 0.969 bits per heavy atom. The van der Waals surface area contributed by atoms with Gasteiger partial charge >= 0.3 is 0 Å². The second-order valence-electron chi connectivity index (χ2n) is 9.10. The fraction of sp³-hybridized carbons (Fsp3) is 0.444. The topological polar surface area (TPSA) is 40.6 Å². The van der Waals surface area contributed by atoms with Gasteiger partial charge < -0.3 is 18.7 Å². The van der Waals surface area contributed by atoms with Crippen LogP contribution in [0.4, 0.5) is 0 Å². The fourth-order valence-corrected chi connectivity index (χ4v) is 5.05. The standard InChI is InChI=1S/C27H31N2O3/c1-3-7-23(8-4-1)21-32-25-11-10-24(28-26(25)27-30-19-20-31-27)9-5-2-6-15-29-16-12-22(13-17-29)14-18-29/h1,3-4,7-8,10-11,19-20,22,27H,2,6,12-18,21H2/q+1. The summed E-state index contributed by atoms with van der Waals surface area (Å²) in [5, 5.41) is 0. The number of hydrogen-bond donors (Lipinski definition) is 0. The first-order chi connectivity index (χ1) is 15.8. The first-order valence-electron chi connectivity index (χ1n) is 11.8. The van der Waals surface area contributed by atoms with Crippen LogP contribution in [0, 0.1) is 17.8 Å². The molecule has 0 saturated carbocycles. The van der Waals surface area contributed by atoms with Crippen LogP contribution in [0.5, 0.6) is 5.75 Å². The number of nitrogens with zero attached hydrogens (tertiary/aromatic N) is 2. The van der Waals surface area contributed by atoms with E-state index in [0.717, 1.165) is 30.0 Å². The molecule has 0 unspecified atom stereocenters. The maximum Gasteiger partial charge on any atom is 0.287 e. The number of piperidine rings is 3. The highest BCUT2D eigenvalue weighted by atomic mass is 16.7. The molecule has 3 saturated heterocycles. The number of fused-ring (bicyclic) bond motifs is 3. The van der Waals surface area contributed by atoms with Crippen molar-refractivity contribution in [2.45, 2.75) is 45.0 Å². The van der Waals surface area contributed by atoms with E-state index in [9.17, 15) is 0 Å². The number of hydrogen-bond acceptors (Lipinski definition) is 4. The van der Waals surface area contributed by atoms with Crippen molar-refractivity contribution in [3.05, 3.63) is 71.9 Å². The smallest absolute Gasteiger partial charge is 0.287 e. The van der Waals surface area contributed by atoms with Crippen molar-refractivity contribution in [2.24, 2.45) is 5.92 Å². The molecule has 1 aromatic carbocycles. The van der Waals surface area contributed by atoms with Crippen molar-refractivity contribution in [3.63, 3.8) is 0 Å². The Labute approximate surface area is 190 Å². The van der Waals surface area contributed by atoms with Crippen LogP contribution in [0.3, 0.4) is 0 Å².